The van der Waals surface area contributed by atoms with Crippen molar-refractivity contribution in [3.8, 4) is 0 Å². The summed E-state index contributed by atoms with van der Waals surface area (Å²) in [6.45, 7) is 4.06. The van der Waals surface area contributed by atoms with Crippen molar-refractivity contribution in [2.45, 2.75) is 33.1 Å². The molecule has 0 unspecified atom stereocenters. The lowest BCUT2D eigenvalue weighted by Gasteiger charge is -2.08. The van der Waals surface area contributed by atoms with Gasteiger partial charge in [-0.05, 0) is 24.5 Å². The smallest absolute Gasteiger partial charge is 0.262 e. The first-order valence-electron chi connectivity index (χ1n) is 5.87. The number of nitrogens with zero attached hydrogens (tertiary/aromatic N) is 2. The van der Waals surface area contributed by atoms with E-state index in [0.29, 0.717) is 22.8 Å². The molecule has 0 saturated carbocycles. The second kappa shape index (κ2) is 4.88. The summed E-state index contributed by atoms with van der Waals surface area (Å²) < 4.78 is 1.59. The topological polar surface area (TPSA) is 34.4 Å². The Morgan fingerprint density at radius 2 is 2.18 bits per heavy atom. The summed E-state index contributed by atoms with van der Waals surface area (Å²) in [6.07, 6.45) is 4.14. The minimum absolute atomic E-state index is 0.0443. The fraction of sp³-hybridized carbons (Fsp3) is 0.385. The van der Waals surface area contributed by atoms with E-state index < -0.39 is 0 Å². The molecule has 2 aromatic heterocycles. The summed E-state index contributed by atoms with van der Waals surface area (Å²) in [5.41, 5.74) is 2.27. The molecule has 0 bridgehead atoms. The highest BCUT2D eigenvalue weighted by atomic mass is 35.5. The van der Waals surface area contributed by atoms with Gasteiger partial charge in [0.2, 0.25) is 0 Å². The first-order chi connectivity index (χ1) is 8.19. The van der Waals surface area contributed by atoms with Crippen LogP contribution >= 0.6 is 11.6 Å². The van der Waals surface area contributed by atoms with Crippen LogP contribution in [0.5, 0.6) is 0 Å². The van der Waals surface area contributed by atoms with Gasteiger partial charge in [-0.1, -0.05) is 37.9 Å². The predicted molar refractivity (Wildman–Crippen MR) is 69.8 cm³/mol. The maximum absolute atomic E-state index is 12.2. The van der Waals surface area contributed by atoms with E-state index >= 15 is 0 Å². The van der Waals surface area contributed by atoms with Gasteiger partial charge in [-0.3, -0.25) is 9.20 Å². The van der Waals surface area contributed by atoms with Crippen molar-refractivity contribution < 1.29 is 0 Å². The van der Waals surface area contributed by atoms with Crippen molar-refractivity contribution in [3.63, 3.8) is 0 Å². The SMILES string of the molecule is CCCc1c(Cl)nc2c(CC)cccn2c1=O. The van der Waals surface area contributed by atoms with Gasteiger partial charge in [-0.25, -0.2) is 4.98 Å². The van der Waals surface area contributed by atoms with Gasteiger partial charge >= 0.3 is 0 Å². The van der Waals surface area contributed by atoms with E-state index in [4.69, 9.17) is 11.6 Å². The van der Waals surface area contributed by atoms with Gasteiger partial charge in [0.05, 0.1) is 5.56 Å². The minimum Gasteiger partial charge on any atom is -0.269 e. The van der Waals surface area contributed by atoms with E-state index in [1.807, 2.05) is 26.0 Å². The maximum Gasteiger partial charge on any atom is 0.262 e. The van der Waals surface area contributed by atoms with E-state index in [-0.39, 0.29) is 5.56 Å². The van der Waals surface area contributed by atoms with E-state index in [1.165, 1.54) is 0 Å². The van der Waals surface area contributed by atoms with Crippen molar-refractivity contribution in [2.75, 3.05) is 0 Å². The number of pyridine rings is 1. The molecule has 0 amide bonds. The largest absolute Gasteiger partial charge is 0.269 e. The highest BCUT2D eigenvalue weighted by Crippen LogP contribution is 2.15. The molecular formula is C13H15ClN2O. The van der Waals surface area contributed by atoms with Crippen molar-refractivity contribution >= 4 is 17.2 Å². The van der Waals surface area contributed by atoms with Crippen LogP contribution in [-0.4, -0.2) is 9.38 Å². The molecule has 0 atom stereocenters. The molecule has 0 fully saturated rings. The Bertz CT molecular complexity index is 604. The third kappa shape index (κ3) is 2.07. The zero-order chi connectivity index (χ0) is 12.4. The Kier molecular flexibility index (Phi) is 3.48. The molecule has 0 aliphatic heterocycles. The molecule has 2 aromatic rings. The number of hydrogen-bond acceptors (Lipinski definition) is 2. The van der Waals surface area contributed by atoms with Crippen molar-refractivity contribution in [1.82, 2.24) is 9.38 Å². The number of halogens is 1. The van der Waals surface area contributed by atoms with Gasteiger partial charge in [0.25, 0.3) is 5.56 Å². The minimum atomic E-state index is -0.0443. The zero-order valence-corrected chi connectivity index (χ0v) is 10.8. The van der Waals surface area contributed by atoms with Gasteiger partial charge in [0.15, 0.2) is 0 Å². The molecule has 0 aromatic carbocycles. The molecule has 90 valence electrons. The quantitative estimate of drug-likeness (QED) is 0.785. The standard InChI is InChI=1S/C13H15ClN2O/c1-3-6-10-11(14)15-12-9(4-2)7-5-8-16(12)13(10)17/h5,7-8H,3-4,6H2,1-2H3. The maximum atomic E-state index is 12.2. The average Bonchev–Trinajstić information content (AvgIpc) is 2.34. The summed E-state index contributed by atoms with van der Waals surface area (Å²) in [6, 6.07) is 3.84. The second-order valence-electron chi connectivity index (χ2n) is 4.02. The summed E-state index contributed by atoms with van der Waals surface area (Å²) in [5.74, 6) is 0. The third-order valence-electron chi connectivity index (χ3n) is 2.86. The molecule has 2 rings (SSSR count). The molecular weight excluding hydrogens is 236 g/mol. The monoisotopic (exact) mass is 250 g/mol. The Balaban J connectivity index is 2.81. The highest BCUT2D eigenvalue weighted by molar-refractivity contribution is 6.30. The fourth-order valence-corrected chi connectivity index (χ4v) is 2.22. The van der Waals surface area contributed by atoms with Crippen LogP contribution in [0.25, 0.3) is 5.65 Å². The number of aromatic nitrogens is 2. The molecule has 0 saturated heterocycles. The van der Waals surface area contributed by atoms with Gasteiger partial charge in [-0.2, -0.15) is 0 Å². The van der Waals surface area contributed by atoms with Crippen LogP contribution in [0, 0.1) is 0 Å². The van der Waals surface area contributed by atoms with Crippen LogP contribution in [0.3, 0.4) is 0 Å². The highest BCUT2D eigenvalue weighted by Gasteiger charge is 2.11. The number of rotatable bonds is 3. The molecule has 0 N–H and O–H groups in total. The Hall–Kier alpha value is -1.35. The fourth-order valence-electron chi connectivity index (χ4n) is 1.96. The Morgan fingerprint density at radius 1 is 1.41 bits per heavy atom. The lowest BCUT2D eigenvalue weighted by atomic mass is 10.2. The summed E-state index contributed by atoms with van der Waals surface area (Å²) >= 11 is 6.09. The molecule has 0 radical (unpaired) electrons. The second-order valence-corrected chi connectivity index (χ2v) is 4.37. The van der Waals surface area contributed by atoms with E-state index in [0.717, 1.165) is 18.4 Å². The van der Waals surface area contributed by atoms with Gasteiger partial charge in [-0.15, -0.1) is 0 Å². The normalized spacial score (nSPS) is 11.0. The summed E-state index contributed by atoms with van der Waals surface area (Å²) in [4.78, 5) is 16.6. The molecule has 3 nitrogen and oxygen atoms in total. The van der Waals surface area contributed by atoms with Crippen LogP contribution in [0.15, 0.2) is 23.1 Å². The predicted octanol–water partition coefficient (Wildman–Crippen LogP) is 2.86. The molecule has 0 aliphatic carbocycles. The van der Waals surface area contributed by atoms with Gasteiger partial charge < -0.3 is 0 Å². The third-order valence-corrected chi connectivity index (χ3v) is 3.17. The Morgan fingerprint density at radius 3 is 2.82 bits per heavy atom. The van der Waals surface area contributed by atoms with Gasteiger partial charge in [0.1, 0.15) is 10.8 Å². The van der Waals surface area contributed by atoms with Crippen LogP contribution < -0.4 is 5.56 Å². The summed E-state index contributed by atoms with van der Waals surface area (Å²) in [5, 5.41) is 0.345. The van der Waals surface area contributed by atoms with E-state index in [2.05, 4.69) is 4.98 Å². The van der Waals surface area contributed by atoms with Crippen LogP contribution in [-0.2, 0) is 12.8 Å². The van der Waals surface area contributed by atoms with Crippen LogP contribution in [0.2, 0.25) is 5.15 Å². The molecule has 0 aliphatic rings. The lowest BCUT2D eigenvalue weighted by molar-refractivity contribution is 0.870. The number of aryl methyl sites for hydroxylation is 1. The lowest BCUT2D eigenvalue weighted by Crippen LogP contribution is -2.21. The van der Waals surface area contributed by atoms with Crippen molar-refractivity contribution in [1.29, 1.82) is 0 Å². The van der Waals surface area contributed by atoms with Crippen LogP contribution in [0.4, 0.5) is 0 Å². The van der Waals surface area contributed by atoms with E-state index in [9.17, 15) is 4.79 Å². The average molecular weight is 251 g/mol. The first-order valence-corrected chi connectivity index (χ1v) is 6.25. The van der Waals surface area contributed by atoms with Gasteiger partial charge in [0, 0.05) is 6.20 Å². The van der Waals surface area contributed by atoms with Crippen LogP contribution in [0.1, 0.15) is 31.4 Å². The molecule has 2 heterocycles. The van der Waals surface area contributed by atoms with E-state index in [1.54, 1.807) is 10.6 Å². The zero-order valence-electron chi connectivity index (χ0n) is 10.0. The molecule has 4 heteroatoms. The molecule has 0 spiro atoms. The number of hydrogen-bond donors (Lipinski definition) is 0. The Labute approximate surface area is 105 Å². The first kappa shape index (κ1) is 12.1. The van der Waals surface area contributed by atoms with Crippen molar-refractivity contribution in [2.24, 2.45) is 0 Å². The van der Waals surface area contributed by atoms with Crippen molar-refractivity contribution in [3.05, 3.63) is 45.0 Å². The molecule has 17 heavy (non-hydrogen) atoms. The number of fused-ring (bicyclic) bond motifs is 1. The summed E-state index contributed by atoms with van der Waals surface area (Å²) in [7, 11) is 0.